The van der Waals surface area contributed by atoms with Crippen LogP contribution in [0.25, 0.3) is 0 Å². The van der Waals surface area contributed by atoms with Gasteiger partial charge in [0.25, 0.3) is 0 Å². The van der Waals surface area contributed by atoms with Crippen LogP contribution >= 0.6 is 31.9 Å². The van der Waals surface area contributed by atoms with Crippen molar-refractivity contribution in [1.29, 1.82) is 0 Å². The van der Waals surface area contributed by atoms with Crippen molar-refractivity contribution in [1.82, 2.24) is 5.32 Å². The van der Waals surface area contributed by atoms with Gasteiger partial charge in [-0.25, -0.2) is 0 Å². The van der Waals surface area contributed by atoms with Crippen molar-refractivity contribution in [2.75, 3.05) is 7.05 Å². The smallest absolute Gasteiger partial charge is 0.139 e. The quantitative estimate of drug-likeness (QED) is 0.842. The molecule has 0 aliphatic rings. The Morgan fingerprint density at radius 3 is 2.22 bits per heavy atom. The van der Waals surface area contributed by atoms with Gasteiger partial charge in [0, 0.05) is 4.47 Å². The van der Waals surface area contributed by atoms with E-state index in [0.29, 0.717) is 0 Å². The molecule has 18 heavy (non-hydrogen) atoms. The third-order valence-electron chi connectivity index (χ3n) is 2.99. The Morgan fingerprint density at radius 2 is 1.78 bits per heavy atom. The Balaban J connectivity index is 2.49. The highest BCUT2D eigenvalue weighted by atomic mass is 79.9. The summed E-state index contributed by atoms with van der Waals surface area (Å²) >= 11 is 7.11. The van der Waals surface area contributed by atoms with Crippen molar-refractivity contribution in [3.8, 4) is 0 Å². The largest absolute Gasteiger partial charge is 0.466 e. The zero-order chi connectivity index (χ0) is 13.3. The van der Waals surface area contributed by atoms with Crippen LogP contribution in [0.15, 0.2) is 37.8 Å². The Morgan fingerprint density at radius 1 is 1.17 bits per heavy atom. The fourth-order valence-corrected chi connectivity index (χ4v) is 2.77. The lowest BCUT2D eigenvalue weighted by molar-refractivity contribution is 0.461. The molecule has 2 rings (SSSR count). The minimum absolute atomic E-state index is 0.0554. The minimum atomic E-state index is 0.0554. The molecule has 0 amide bonds. The molecule has 2 nitrogen and oxygen atoms in total. The molecule has 0 aliphatic heterocycles. The molecule has 0 spiro atoms. The highest BCUT2D eigenvalue weighted by Crippen LogP contribution is 2.32. The van der Waals surface area contributed by atoms with Gasteiger partial charge in [-0.2, -0.15) is 0 Å². The van der Waals surface area contributed by atoms with E-state index in [-0.39, 0.29) is 6.04 Å². The average Bonchev–Trinajstić information content (AvgIpc) is 2.74. The SMILES string of the molecule is CNC(c1cc(C)c(Br)c(C)c1)c1occc1Br. The topological polar surface area (TPSA) is 25.2 Å². The van der Waals surface area contributed by atoms with Crippen LogP contribution in [0, 0.1) is 13.8 Å². The normalized spacial score (nSPS) is 12.7. The lowest BCUT2D eigenvalue weighted by Gasteiger charge is -2.17. The summed E-state index contributed by atoms with van der Waals surface area (Å²) in [6.07, 6.45) is 1.70. The minimum Gasteiger partial charge on any atom is -0.466 e. The molecule has 4 heteroatoms. The van der Waals surface area contributed by atoms with E-state index < -0.39 is 0 Å². The van der Waals surface area contributed by atoms with E-state index in [2.05, 4.69) is 63.2 Å². The van der Waals surface area contributed by atoms with E-state index in [4.69, 9.17) is 4.42 Å². The number of aryl methyl sites for hydroxylation is 2. The number of rotatable bonds is 3. The van der Waals surface area contributed by atoms with Gasteiger partial charge in [0.15, 0.2) is 0 Å². The molecule has 1 heterocycles. The predicted molar refractivity (Wildman–Crippen MR) is 80.9 cm³/mol. The van der Waals surface area contributed by atoms with E-state index in [1.807, 2.05) is 13.1 Å². The fourth-order valence-electron chi connectivity index (χ4n) is 2.11. The third-order valence-corrected chi connectivity index (χ3v) is 4.89. The van der Waals surface area contributed by atoms with Crippen molar-refractivity contribution < 1.29 is 4.42 Å². The number of hydrogen-bond donors (Lipinski definition) is 1. The number of halogens is 2. The molecule has 0 aliphatic carbocycles. The first-order valence-corrected chi connectivity index (χ1v) is 7.30. The van der Waals surface area contributed by atoms with Gasteiger partial charge in [-0.3, -0.25) is 0 Å². The zero-order valence-corrected chi connectivity index (χ0v) is 13.7. The van der Waals surface area contributed by atoms with Crippen LogP contribution in [-0.4, -0.2) is 7.05 Å². The van der Waals surface area contributed by atoms with Crippen LogP contribution in [-0.2, 0) is 0 Å². The van der Waals surface area contributed by atoms with Crippen molar-refractivity contribution in [3.05, 3.63) is 55.9 Å². The predicted octanol–water partition coefficient (Wildman–Crippen LogP) is 4.73. The lowest BCUT2D eigenvalue weighted by Crippen LogP contribution is -2.17. The van der Waals surface area contributed by atoms with E-state index in [0.717, 1.165) is 10.2 Å². The molecule has 96 valence electrons. The van der Waals surface area contributed by atoms with Gasteiger partial charge >= 0.3 is 0 Å². The highest BCUT2D eigenvalue weighted by molar-refractivity contribution is 9.10. The summed E-state index contributed by atoms with van der Waals surface area (Å²) in [4.78, 5) is 0. The summed E-state index contributed by atoms with van der Waals surface area (Å²) in [5.41, 5.74) is 3.66. The van der Waals surface area contributed by atoms with Gasteiger partial charge in [-0.15, -0.1) is 0 Å². The average molecular weight is 373 g/mol. The molecule has 1 unspecified atom stereocenters. The molecule has 1 aromatic heterocycles. The first kappa shape index (κ1) is 13.8. The van der Waals surface area contributed by atoms with Gasteiger partial charge in [-0.1, -0.05) is 28.1 Å². The second-order valence-corrected chi connectivity index (χ2v) is 5.97. The molecule has 0 bridgehead atoms. The Hall–Kier alpha value is -0.580. The lowest BCUT2D eigenvalue weighted by atomic mass is 10.00. The first-order chi connectivity index (χ1) is 8.54. The van der Waals surface area contributed by atoms with Gasteiger partial charge in [-0.05, 0) is 59.6 Å². The molecule has 1 aromatic carbocycles. The van der Waals surface area contributed by atoms with Gasteiger partial charge in [0.05, 0.1) is 16.8 Å². The molecule has 0 saturated carbocycles. The Labute approximate surface area is 124 Å². The summed E-state index contributed by atoms with van der Waals surface area (Å²) < 4.78 is 7.71. The van der Waals surface area contributed by atoms with Gasteiger partial charge in [0.2, 0.25) is 0 Å². The van der Waals surface area contributed by atoms with E-state index in [1.54, 1.807) is 6.26 Å². The summed E-state index contributed by atoms with van der Waals surface area (Å²) in [5, 5.41) is 3.30. The third kappa shape index (κ3) is 2.56. The van der Waals surface area contributed by atoms with Gasteiger partial charge in [0.1, 0.15) is 5.76 Å². The van der Waals surface area contributed by atoms with Crippen molar-refractivity contribution in [3.63, 3.8) is 0 Å². The molecular weight excluding hydrogens is 358 g/mol. The Bertz CT molecular complexity index is 540. The number of furan rings is 1. The fraction of sp³-hybridized carbons (Fsp3) is 0.286. The first-order valence-electron chi connectivity index (χ1n) is 5.71. The van der Waals surface area contributed by atoms with E-state index in [9.17, 15) is 0 Å². The van der Waals surface area contributed by atoms with Gasteiger partial charge < -0.3 is 9.73 Å². The molecular formula is C14H15Br2NO. The van der Waals surface area contributed by atoms with E-state index >= 15 is 0 Å². The number of hydrogen-bond acceptors (Lipinski definition) is 2. The standard InChI is InChI=1S/C14H15Br2NO/c1-8-6-10(7-9(2)12(8)16)13(17-3)14-11(15)4-5-18-14/h4-7,13,17H,1-3H3. The van der Waals surface area contributed by atoms with Crippen LogP contribution in [0.5, 0.6) is 0 Å². The van der Waals surface area contributed by atoms with Crippen LogP contribution in [0.4, 0.5) is 0 Å². The summed E-state index contributed by atoms with van der Waals surface area (Å²) in [7, 11) is 1.94. The second kappa shape index (κ2) is 5.59. The molecule has 0 saturated heterocycles. The Kier molecular flexibility index (Phi) is 4.30. The molecule has 1 N–H and O–H groups in total. The summed E-state index contributed by atoms with van der Waals surface area (Å²) in [6.45, 7) is 4.20. The molecule has 1 atom stereocenters. The van der Waals surface area contributed by atoms with Crippen LogP contribution < -0.4 is 5.32 Å². The monoisotopic (exact) mass is 371 g/mol. The van der Waals surface area contributed by atoms with Crippen molar-refractivity contribution >= 4 is 31.9 Å². The number of benzene rings is 1. The van der Waals surface area contributed by atoms with Crippen LogP contribution in [0.1, 0.15) is 28.5 Å². The number of nitrogens with one attached hydrogen (secondary N) is 1. The molecule has 0 radical (unpaired) electrons. The van der Waals surface area contributed by atoms with Crippen molar-refractivity contribution in [2.24, 2.45) is 0 Å². The molecule has 2 aromatic rings. The van der Waals surface area contributed by atoms with Crippen LogP contribution in [0.2, 0.25) is 0 Å². The maximum Gasteiger partial charge on any atom is 0.139 e. The molecule has 0 fully saturated rings. The zero-order valence-electron chi connectivity index (χ0n) is 10.6. The maximum atomic E-state index is 5.56. The van der Waals surface area contributed by atoms with Crippen LogP contribution in [0.3, 0.4) is 0 Å². The van der Waals surface area contributed by atoms with E-state index in [1.165, 1.54) is 21.2 Å². The van der Waals surface area contributed by atoms with Crippen molar-refractivity contribution in [2.45, 2.75) is 19.9 Å². The second-order valence-electron chi connectivity index (χ2n) is 4.32. The summed E-state index contributed by atoms with van der Waals surface area (Å²) in [5.74, 6) is 0.902. The highest BCUT2D eigenvalue weighted by Gasteiger charge is 2.19. The summed E-state index contributed by atoms with van der Waals surface area (Å²) in [6, 6.07) is 6.32. The maximum absolute atomic E-state index is 5.56.